The zero-order valence-corrected chi connectivity index (χ0v) is 24.5. The maximum atomic E-state index is 14.1. The molecule has 3 aromatic carbocycles. The first kappa shape index (κ1) is 28.6. The topological polar surface area (TPSA) is 120 Å². The van der Waals surface area contributed by atoms with Crippen molar-refractivity contribution < 1.29 is 28.6 Å². The highest BCUT2D eigenvalue weighted by molar-refractivity contribution is 7.07. The molecule has 1 aliphatic rings. The van der Waals surface area contributed by atoms with Crippen molar-refractivity contribution in [2.24, 2.45) is 4.99 Å². The van der Waals surface area contributed by atoms with Crippen LogP contribution in [0.2, 0.25) is 0 Å². The standard InChI is InChI=1S/C34H26N2O7S/c1-3-42-33(40)28-29(21-8-5-4-6-9-21)35-34-36(30(28)23-10-7-11-24(18-23)41-2)31(37)27(44-34)19-25-16-17-26(43-25)20-12-14-22(15-13-20)32(38)39/h4-19,30H,3H2,1-2H3,(H,38,39)/b27-19-. The normalized spacial score (nSPS) is 14.6. The number of carboxylic acid groups (broad SMARTS) is 1. The highest BCUT2D eigenvalue weighted by Crippen LogP contribution is 2.36. The lowest BCUT2D eigenvalue weighted by Gasteiger charge is -2.26. The number of benzene rings is 3. The molecule has 0 fully saturated rings. The Morgan fingerprint density at radius 1 is 1.00 bits per heavy atom. The van der Waals surface area contributed by atoms with Crippen molar-refractivity contribution in [3.8, 4) is 17.1 Å². The average Bonchev–Trinajstić information content (AvgIpc) is 3.64. The van der Waals surface area contributed by atoms with Gasteiger partial charge in [0, 0.05) is 17.2 Å². The molecule has 0 saturated heterocycles. The Balaban J connectivity index is 1.53. The lowest BCUT2D eigenvalue weighted by molar-refractivity contribution is -0.138. The van der Waals surface area contributed by atoms with Crippen LogP contribution in [0.15, 0.2) is 111 Å². The summed E-state index contributed by atoms with van der Waals surface area (Å²) in [5.74, 6) is -0.0576. The number of carbonyl (C=O) groups excluding carboxylic acids is 1. The lowest BCUT2D eigenvalue weighted by atomic mass is 9.93. The number of methoxy groups -OCH3 is 1. The van der Waals surface area contributed by atoms with Crippen LogP contribution in [0, 0.1) is 0 Å². The Bertz CT molecular complexity index is 2090. The number of aromatic carboxylic acids is 1. The predicted octanol–water partition coefficient (Wildman–Crippen LogP) is 4.90. The van der Waals surface area contributed by atoms with Gasteiger partial charge in [0.1, 0.15) is 17.3 Å². The number of esters is 1. The van der Waals surface area contributed by atoms with Gasteiger partial charge in [0.25, 0.3) is 5.56 Å². The van der Waals surface area contributed by atoms with Crippen LogP contribution in [-0.4, -0.2) is 35.3 Å². The van der Waals surface area contributed by atoms with E-state index in [0.717, 1.165) is 0 Å². The Labute approximate surface area is 255 Å². The molecule has 3 heterocycles. The molecule has 1 unspecified atom stereocenters. The van der Waals surface area contributed by atoms with E-state index in [4.69, 9.17) is 18.9 Å². The molecule has 0 amide bonds. The Hall–Kier alpha value is -5.48. The third kappa shape index (κ3) is 5.38. The van der Waals surface area contributed by atoms with Crippen LogP contribution in [0.25, 0.3) is 23.1 Å². The minimum absolute atomic E-state index is 0.152. The first-order valence-electron chi connectivity index (χ1n) is 13.7. The summed E-state index contributed by atoms with van der Waals surface area (Å²) < 4.78 is 18.9. The third-order valence-electron chi connectivity index (χ3n) is 7.10. The van der Waals surface area contributed by atoms with E-state index in [1.807, 2.05) is 42.5 Å². The largest absolute Gasteiger partial charge is 0.497 e. The molecule has 44 heavy (non-hydrogen) atoms. The first-order valence-corrected chi connectivity index (χ1v) is 14.6. The van der Waals surface area contributed by atoms with Crippen molar-refractivity contribution in [3.63, 3.8) is 0 Å². The summed E-state index contributed by atoms with van der Waals surface area (Å²) in [6.07, 6.45) is 1.64. The van der Waals surface area contributed by atoms with E-state index >= 15 is 0 Å². The maximum absolute atomic E-state index is 14.1. The van der Waals surface area contributed by atoms with Gasteiger partial charge in [-0.05, 0) is 48.9 Å². The van der Waals surface area contributed by atoms with Gasteiger partial charge in [0.05, 0.1) is 41.1 Å². The van der Waals surface area contributed by atoms with Gasteiger partial charge in [-0.1, -0.05) is 65.9 Å². The van der Waals surface area contributed by atoms with Gasteiger partial charge in [0.2, 0.25) is 0 Å². The van der Waals surface area contributed by atoms with Gasteiger partial charge in [-0.15, -0.1) is 0 Å². The molecule has 1 aliphatic heterocycles. The predicted molar refractivity (Wildman–Crippen MR) is 165 cm³/mol. The van der Waals surface area contributed by atoms with Crippen LogP contribution < -0.4 is 19.6 Å². The second-order valence-electron chi connectivity index (χ2n) is 9.79. The van der Waals surface area contributed by atoms with Crippen molar-refractivity contribution in [3.05, 3.63) is 139 Å². The number of thiazole rings is 1. The van der Waals surface area contributed by atoms with E-state index in [1.54, 1.807) is 56.5 Å². The number of aromatic nitrogens is 1. The summed E-state index contributed by atoms with van der Waals surface area (Å²) in [6.45, 7) is 1.88. The molecular weight excluding hydrogens is 580 g/mol. The zero-order valence-electron chi connectivity index (χ0n) is 23.7. The molecule has 9 nitrogen and oxygen atoms in total. The summed E-state index contributed by atoms with van der Waals surface area (Å²) >= 11 is 1.19. The van der Waals surface area contributed by atoms with Crippen molar-refractivity contribution in [2.45, 2.75) is 13.0 Å². The van der Waals surface area contributed by atoms with Crippen molar-refractivity contribution in [1.29, 1.82) is 0 Å². The molecule has 1 atom stereocenters. The average molecular weight is 607 g/mol. The van der Waals surface area contributed by atoms with Gasteiger partial charge < -0.3 is 19.0 Å². The molecule has 10 heteroatoms. The smallest absolute Gasteiger partial charge is 0.338 e. The van der Waals surface area contributed by atoms with E-state index in [0.29, 0.717) is 49.0 Å². The number of fused-ring (bicyclic) bond motifs is 1. The highest BCUT2D eigenvalue weighted by atomic mass is 32.1. The molecule has 5 aromatic rings. The highest BCUT2D eigenvalue weighted by Gasteiger charge is 2.35. The summed E-state index contributed by atoms with van der Waals surface area (Å²) in [6, 6.07) is 25.5. The first-order chi connectivity index (χ1) is 21.4. The number of ether oxygens (including phenoxy) is 2. The van der Waals surface area contributed by atoms with E-state index in [1.165, 1.54) is 28.0 Å². The summed E-state index contributed by atoms with van der Waals surface area (Å²) in [5, 5.41) is 9.18. The summed E-state index contributed by atoms with van der Waals surface area (Å²) in [5.41, 5.74) is 2.56. The molecule has 0 aliphatic carbocycles. The molecule has 0 saturated carbocycles. The second-order valence-corrected chi connectivity index (χ2v) is 10.8. The second kappa shape index (κ2) is 12.0. The number of hydrogen-bond acceptors (Lipinski definition) is 8. The summed E-state index contributed by atoms with van der Waals surface area (Å²) in [4.78, 5) is 44.1. The Morgan fingerprint density at radius 2 is 1.77 bits per heavy atom. The lowest BCUT2D eigenvalue weighted by Crippen LogP contribution is -2.40. The summed E-state index contributed by atoms with van der Waals surface area (Å²) in [7, 11) is 1.56. The van der Waals surface area contributed by atoms with Gasteiger partial charge >= 0.3 is 11.9 Å². The number of hydrogen-bond donors (Lipinski definition) is 1. The number of rotatable bonds is 8. The van der Waals surface area contributed by atoms with E-state index < -0.39 is 18.0 Å². The van der Waals surface area contributed by atoms with Crippen LogP contribution in [0.1, 0.15) is 40.2 Å². The van der Waals surface area contributed by atoms with Gasteiger partial charge in [-0.25, -0.2) is 14.6 Å². The number of carbonyl (C=O) groups is 2. The number of furan rings is 1. The van der Waals surface area contributed by atoms with Crippen molar-refractivity contribution >= 4 is 35.0 Å². The molecular formula is C34H26N2O7S. The van der Waals surface area contributed by atoms with E-state index in [-0.39, 0.29) is 23.3 Å². The fourth-order valence-corrected chi connectivity index (χ4v) is 6.04. The molecule has 2 aromatic heterocycles. The molecule has 1 N–H and O–H groups in total. The fraction of sp³-hybridized carbons (Fsp3) is 0.118. The third-order valence-corrected chi connectivity index (χ3v) is 8.08. The number of carboxylic acids is 1. The monoisotopic (exact) mass is 606 g/mol. The van der Waals surface area contributed by atoms with Crippen LogP contribution >= 0.6 is 11.3 Å². The zero-order chi connectivity index (χ0) is 30.8. The molecule has 0 bridgehead atoms. The maximum Gasteiger partial charge on any atom is 0.338 e. The minimum Gasteiger partial charge on any atom is -0.497 e. The SMILES string of the molecule is CCOC(=O)C1=C(c2ccccc2)N=c2s/c(=C\c3ccc(-c4ccc(C(=O)O)cc4)o3)c(=O)n2C1c1cccc(OC)c1. The Morgan fingerprint density at radius 3 is 2.48 bits per heavy atom. The fourth-order valence-electron chi connectivity index (χ4n) is 5.06. The molecule has 220 valence electrons. The molecule has 0 radical (unpaired) electrons. The van der Waals surface area contributed by atoms with E-state index in [2.05, 4.69) is 0 Å². The van der Waals surface area contributed by atoms with Crippen LogP contribution in [-0.2, 0) is 9.53 Å². The van der Waals surface area contributed by atoms with Gasteiger partial charge in [-0.3, -0.25) is 9.36 Å². The van der Waals surface area contributed by atoms with Crippen molar-refractivity contribution in [2.75, 3.05) is 13.7 Å². The number of nitrogens with zero attached hydrogens (tertiary/aromatic N) is 2. The van der Waals surface area contributed by atoms with Gasteiger partial charge in [0.15, 0.2) is 4.80 Å². The van der Waals surface area contributed by atoms with Crippen LogP contribution in [0.3, 0.4) is 0 Å². The Kier molecular flexibility index (Phi) is 7.82. The molecule has 0 spiro atoms. The minimum atomic E-state index is -1.01. The van der Waals surface area contributed by atoms with Crippen LogP contribution in [0.4, 0.5) is 0 Å². The van der Waals surface area contributed by atoms with Crippen LogP contribution in [0.5, 0.6) is 5.75 Å². The van der Waals surface area contributed by atoms with Crippen molar-refractivity contribution in [1.82, 2.24) is 4.57 Å². The van der Waals surface area contributed by atoms with Gasteiger partial charge in [-0.2, -0.15) is 0 Å². The quantitative estimate of drug-likeness (QED) is 0.250. The molecule has 6 rings (SSSR count). The van der Waals surface area contributed by atoms with E-state index in [9.17, 15) is 19.5 Å².